The van der Waals surface area contributed by atoms with Crippen molar-refractivity contribution in [3.63, 3.8) is 0 Å². The summed E-state index contributed by atoms with van der Waals surface area (Å²) >= 11 is 0. The minimum atomic E-state index is -0.210. The number of rotatable bonds is 6. The number of nitrogens with zero attached hydrogens (tertiary/aromatic N) is 1. The Morgan fingerprint density at radius 1 is 1.12 bits per heavy atom. The predicted octanol–water partition coefficient (Wildman–Crippen LogP) is 1.60. The molecule has 6 nitrogen and oxygen atoms in total. The maximum atomic E-state index is 11.7. The molecule has 1 aromatic carbocycles. The number of benzene rings is 1. The Balaban J connectivity index is 1.47. The Hall–Kier alpha value is -2.24. The zero-order chi connectivity index (χ0) is 16.9. The van der Waals surface area contributed by atoms with Crippen molar-refractivity contribution >= 4 is 17.6 Å². The smallest absolute Gasteiger partial charge is 0.315 e. The van der Waals surface area contributed by atoms with Crippen molar-refractivity contribution in [2.45, 2.75) is 32.2 Å². The molecule has 2 aliphatic rings. The molecule has 2 fully saturated rings. The van der Waals surface area contributed by atoms with E-state index in [9.17, 15) is 9.59 Å². The summed E-state index contributed by atoms with van der Waals surface area (Å²) in [6.45, 7) is 2.93. The standard InChI is InChI=1S/C18H26N4O2/c19-17(23)15-2-1-9-22(12-15)16-7-5-14(6-8-16)11-21-18(24)20-10-13-3-4-13/h5-8,13,15H,1-4,9-12H2,(H2,19,23)(H2,20,21,24)/t15-/m0/s1. The molecule has 1 atom stereocenters. The summed E-state index contributed by atoms with van der Waals surface area (Å²) in [6, 6.07) is 8.02. The van der Waals surface area contributed by atoms with Gasteiger partial charge in [-0.1, -0.05) is 12.1 Å². The molecular weight excluding hydrogens is 304 g/mol. The van der Waals surface area contributed by atoms with Crippen LogP contribution in [-0.2, 0) is 11.3 Å². The summed E-state index contributed by atoms with van der Waals surface area (Å²) in [7, 11) is 0. The molecular formula is C18H26N4O2. The van der Waals surface area contributed by atoms with Crippen molar-refractivity contribution in [3.05, 3.63) is 29.8 Å². The summed E-state index contributed by atoms with van der Waals surface area (Å²) < 4.78 is 0. The molecule has 1 heterocycles. The SMILES string of the molecule is NC(=O)[C@H]1CCCN(c2ccc(CNC(=O)NCC3CC3)cc2)C1. The van der Waals surface area contributed by atoms with Crippen LogP contribution in [0.2, 0.25) is 0 Å². The number of nitrogens with two attached hydrogens (primary N) is 1. The van der Waals surface area contributed by atoms with Crippen LogP contribution in [0.4, 0.5) is 10.5 Å². The lowest BCUT2D eigenvalue weighted by Gasteiger charge is -2.33. The number of carbonyl (C=O) groups is 2. The number of hydrogen-bond donors (Lipinski definition) is 3. The van der Waals surface area contributed by atoms with Crippen LogP contribution in [0.3, 0.4) is 0 Å². The normalized spacial score (nSPS) is 20.5. The van der Waals surface area contributed by atoms with Gasteiger partial charge in [0.1, 0.15) is 0 Å². The summed E-state index contributed by atoms with van der Waals surface area (Å²) in [4.78, 5) is 25.3. The molecule has 0 bridgehead atoms. The van der Waals surface area contributed by atoms with E-state index < -0.39 is 0 Å². The van der Waals surface area contributed by atoms with E-state index in [1.807, 2.05) is 24.3 Å². The minimum Gasteiger partial charge on any atom is -0.371 e. The number of amides is 3. The maximum absolute atomic E-state index is 11.7. The Kier molecular flexibility index (Phi) is 5.23. The van der Waals surface area contributed by atoms with E-state index in [2.05, 4.69) is 15.5 Å². The highest BCUT2D eigenvalue weighted by Gasteiger charge is 2.24. The summed E-state index contributed by atoms with van der Waals surface area (Å²) in [6.07, 6.45) is 4.32. The van der Waals surface area contributed by atoms with E-state index >= 15 is 0 Å². The first-order valence-corrected chi connectivity index (χ1v) is 8.76. The van der Waals surface area contributed by atoms with Crippen LogP contribution in [0.15, 0.2) is 24.3 Å². The maximum Gasteiger partial charge on any atom is 0.315 e. The largest absolute Gasteiger partial charge is 0.371 e. The van der Waals surface area contributed by atoms with Gasteiger partial charge >= 0.3 is 6.03 Å². The molecule has 0 aromatic heterocycles. The second-order valence-electron chi connectivity index (χ2n) is 6.86. The van der Waals surface area contributed by atoms with E-state index in [-0.39, 0.29) is 17.9 Å². The van der Waals surface area contributed by atoms with Gasteiger partial charge in [0, 0.05) is 31.9 Å². The van der Waals surface area contributed by atoms with Crippen molar-refractivity contribution < 1.29 is 9.59 Å². The van der Waals surface area contributed by atoms with Crippen LogP contribution in [0.5, 0.6) is 0 Å². The third-order valence-corrected chi connectivity index (χ3v) is 4.83. The summed E-state index contributed by atoms with van der Waals surface area (Å²) in [5.41, 5.74) is 7.59. The van der Waals surface area contributed by atoms with Gasteiger partial charge in [0.25, 0.3) is 0 Å². The van der Waals surface area contributed by atoms with E-state index in [4.69, 9.17) is 5.73 Å². The molecule has 0 radical (unpaired) electrons. The van der Waals surface area contributed by atoms with Gasteiger partial charge in [-0.05, 0) is 49.3 Å². The third-order valence-electron chi connectivity index (χ3n) is 4.83. The number of piperidine rings is 1. The number of urea groups is 1. The zero-order valence-electron chi connectivity index (χ0n) is 14.0. The molecule has 1 aromatic rings. The van der Waals surface area contributed by atoms with E-state index in [1.54, 1.807) is 0 Å². The summed E-state index contributed by atoms with van der Waals surface area (Å²) in [5, 5.41) is 5.77. The van der Waals surface area contributed by atoms with Gasteiger partial charge in [-0.3, -0.25) is 4.79 Å². The Morgan fingerprint density at radius 2 is 1.88 bits per heavy atom. The van der Waals surface area contributed by atoms with Crippen molar-refractivity contribution in [1.29, 1.82) is 0 Å². The predicted molar refractivity (Wildman–Crippen MR) is 93.5 cm³/mol. The molecule has 6 heteroatoms. The number of anilines is 1. The number of hydrogen-bond acceptors (Lipinski definition) is 3. The average Bonchev–Trinajstić information content (AvgIpc) is 3.43. The van der Waals surface area contributed by atoms with E-state index in [0.29, 0.717) is 19.0 Å². The number of primary amides is 1. The molecule has 130 valence electrons. The molecule has 3 amide bonds. The minimum absolute atomic E-state index is 0.0599. The van der Waals surface area contributed by atoms with Crippen LogP contribution in [0.25, 0.3) is 0 Å². The second kappa shape index (κ2) is 7.55. The van der Waals surface area contributed by atoms with Crippen LogP contribution in [0, 0.1) is 11.8 Å². The van der Waals surface area contributed by atoms with E-state index in [1.165, 1.54) is 12.8 Å². The second-order valence-corrected chi connectivity index (χ2v) is 6.86. The van der Waals surface area contributed by atoms with Crippen molar-refractivity contribution in [2.75, 3.05) is 24.5 Å². The molecule has 0 spiro atoms. The first-order chi connectivity index (χ1) is 11.6. The lowest BCUT2D eigenvalue weighted by Crippen LogP contribution is -2.41. The van der Waals surface area contributed by atoms with Gasteiger partial charge in [0.05, 0.1) is 5.92 Å². The lowest BCUT2D eigenvalue weighted by atomic mass is 9.97. The quantitative estimate of drug-likeness (QED) is 0.740. The molecule has 1 aliphatic heterocycles. The molecule has 3 rings (SSSR count). The Labute approximate surface area is 142 Å². The van der Waals surface area contributed by atoms with Crippen molar-refractivity contribution in [2.24, 2.45) is 17.6 Å². The first-order valence-electron chi connectivity index (χ1n) is 8.76. The molecule has 1 saturated heterocycles. The monoisotopic (exact) mass is 330 g/mol. The fourth-order valence-corrected chi connectivity index (χ4v) is 3.07. The molecule has 1 saturated carbocycles. The Morgan fingerprint density at radius 3 is 2.54 bits per heavy atom. The van der Waals surface area contributed by atoms with E-state index in [0.717, 1.165) is 37.2 Å². The highest BCUT2D eigenvalue weighted by Crippen LogP contribution is 2.27. The fraction of sp³-hybridized carbons (Fsp3) is 0.556. The molecule has 1 aliphatic carbocycles. The van der Waals surface area contributed by atoms with Gasteiger partial charge in [-0.2, -0.15) is 0 Å². The van der Waals surface area contributed by atoms with Crippen LogP contribution < -0.4 is 21.3 Å². The average molecular weight is 330 g/mol. The molecule has 24 heavy (non-hydrogen) atoms. The van der Waals surface area contributed by atoms with Crippen molar-refractivity contribution in [1.82, 2.24) is 10.6 Å². The van der Waals surface area contributed by atoms with Gasteiger partial charge in [0.15, 0.2) is 0 Å². The third kappa shape index (κ3) is 4.63. The summed E-state index contributed by atoms with van der Waals surface area (Å²) in [5.74, 6) is 0.414. The number of nitrogens with one attached hydrogen (secondary N) is 2. The number of carbonyl (C=O) groups excluding carboxylic acids is 2. The van der Waals surface area contributed by atoms with Gasteiger partial charge in [-0.25, -0.2) is 4.79 Å². The lowest BCUT2D eigenvalue weighted by molar-refractivity contribution is -0.122. The van der Waals surface area contributed by atoms with Crippen LogP contribution in [0.1, 0.15) is 31.2 Å². The van der Waals surface area contributed by atoms with Gasteiger partial charge in [0.2, 0.25) is 5.91 Å². The zero-order valence-corrected chi connectivity index (χ0v) is 14.0. The highest BCUT2D eigenvalue weighted by atomic mass is 16.2. The highest BCUT2D eigenvalue weighted by molar-refractivity contribution is 5.77. The topological polar surface area (TPSA) is 87.5 Å². The molecule has 0 unspecified atom stereocenters. The first kappa shape index (κ1) is 16.6. The van der Waals surface area contributed by atoms with Crippen LogP contribution >= 0.6 is 0 Å². The Bertz CT molecular complexity index is 583. The van der Waals surface area contributed by atoms with Crippen LogP contribution in [-0.4, -0.2) is 31.6 Å². The fourth-order valence-electron chi connectivity index (χ4n) is 3.07. The molecule has 4 N–H and O–H groups in total. The van der Waals surface area contributed by atoms with Crippen molar-refractivity contribution in [3.8, 4) is 0 Å². The van der Waals surface area contributed by atoms with Gasteiger partial charge in [-0.15, -0.1) is 0 Å². The van der Waals surface area contributed by atoms with Gasteiger partial charge < -0.3 is 21.3 Å².